The molecule has 0 aliphatic carbocycles. The lowest BCUT2D eigenvalue weighted by Gasteiger charge is -2.36. The van der Waals surface area contributed by atoms with Gasteiger partial charge in [0.15, 0.2) is 5.78 Å². The van der Waals surface area contributed by atoms with E-state index in [1.54, 1.807) is 19.4 Å². The molecule has 5 heteroatoms. The summed E-state index contributed by atoms with van der Waals surface area (Å²) in [6.45, 7) is 1.56. The molecule has 1 saturated heterocycles. The Morgan fingerprint density at radius 3 is 3.00 bits per heavy atom. The van der Waals surface area contributed by atoms with Crippen LogP contribution in [0.4, 0.5) is 0 Å². The molecule has 0 spiro atoms. The van der Waals surface area contributed by atoms with Crippen molar-refractivity contribution < 1.29 is 9.45 Å². The van der Waals surface area contributed by atoms with Gasteiger partial charge in [-0.05, 0) is 12.1 Å². The summed E-state index contributed by atoms with van der Waals surface area (Å²) in [6, 6.07) is 5.42. The second kappa shape index (κ2) is 4.55. The summed E-state index contributed by atoms with van der Waals surface area (Å²) in [7, 11) is 2.26. The molecule has 0 bridgehead atoms. The van der Waals surface area contributed by atoms with Crippen molar-refractivity contribution in [1.82, 2.24) is 9.79 Å². The van der Waals surface area contributed by atoms with Gasteiger partial charge in [0, 0.05) is 32.3 Å². The lowest BCUT2D eigenvalue weighted by molar-refractivity contribution is 0.0771. The summed E-state index contributed by atoms with van der Waals surface area (Å²) in [5.41, 5.74) is 0.569. The highest BCUT2D eigenvalue weighted by molar-refractivity contribution is 6.24. The molecule has 0 unspecified atom stereocenters. The fraction of sp³-hybridized carbons (Fsp3) is 0.400. The molecule has 0 aromatic carbocycles. The lowest BCUT2D eigenvalue weighted by Crippen LogP contribution is -2.52. The molecule has 0 atom stereocenters. The Bertz CT molecular complexity index is 339. The number of Topliss-reactive ketones (excluding diaryl/α,β-unsaturated/α-hetero) is 1. The summed E-state index contributed by atoms with van der Waals surface area (Å²) in [6.07, 6.45) is 1.65. The Morgan fingerprint density at radius 2 is 2.40 bits per heavy atom. The van der Waals surface area contributed by atoms with Crippen molar-refractivity contribution in [2.24, 2.45) is 5.92 Å². The number of ketones is 1. The van der Waals surface area contributed by atoms with Gasteiger partial charge in [-0.3, -0.25) is 9.78 Å². The van der Waals surface area contributed by atoms with E-state index in [1.807, 2.05) is 12.1 Å². The van der Waals surface area contributed by atoms with Crippen molar-refractivity contribution in [2.45, 2.75) is 0 Å². The van der Waals surface area contributed by atoms with Crippen molar-refractivity contribution in [3.63, 3.8) is 0 Å². The SMILES string of the molecule is COBN1CC(C(=O)c2ccccn2)C1. The summed E-state index contributed by atoms with van der Waals surface area (Å²) < 4.78 is 4.98. The first-order valence-corrected chi connectivity index (χ1v) is 4.98. The zero-order chi connectivity index (χ0) is 10.7. The topological polar surface area (TPSA) is 42.4 Å². The molecule has 0 saturated carbocycles. The molecule has 1 aromatic rings. The highest BCUT2D eigenvalue weighted by atomic mass is 16.4. The van der Waals surface area contributed by atoms with Crippen LogP contribution in [0.3, 0.4) is 0 Å². The molecule has 0 N–H and O–H groups in total. The van der Waals surface area contributed by atoms with Gasteiger partial charge < -0.3 is 9.47 Å². The first kappa shape index (κ1) is 10.3. The van der Waals surface area contributed by atoms with Crippen LogP contribution in [0.25, 0.3) is 0 Å². The van der Waals surface area contributed by atoms with Crippen LogP contribution < -0.4 is 0 Å². The average molecular weight is 204 g/mol. The molecule has 0 radical (unpaired) electrons. The van der Waals surface area contributed by atoms with Crippen molar-refractivity contribution in [2.75, 3.05) is 20.2 Å². The molecule has 1 fully saturated rings. The van der Waals surface area contributed by atoms with E-state index in [9.17, 15) is 4.79 Å². The third-order valence-corrected chi connectivity index (χ3v) is 2.56. The van der Waals surface area contributed by atoms with Crippen LogP contribution in [0.15, 0.2) is 24.4 Å². The van der Waals surface area contributed by atoms with E-state index >= 15 is 0 Å². The molecular formula is C10H13BN2O2. The van der Waals surface area contributed by atoms with Crippen LogP contribution in [0.2, 0.25) is 0 Å². The maximum absolute atomic E-state index is 11.8. The Kier molecular flexibility index (Phi) is 3.13. The fourth-order valence-electron chi connectivity index (χ4n) is 1.74. The minimum Gasteiger partial charge on any atom is -0.427 e. The number of hydrogen-bond acceptors (Lipinski definition) is 4. The van der Waals surface area contributed by atoms with Crippen molar-refractivity contribution >= 4 is 13.4 Å². The first-order valence-electron chi connectivity index (χ1n) is 4.98. The van der Waals surface area contributed by atoms with E-state index in [-0.39, 0.29) is 11.7 Å². The predicted molar refractivity (Wildman–Crippen MR) is 57.8 cm³/mol. The molecule has 4 nitrogen and oxygen atoms in total. The van der Waals surface area contributed by atoms with Gasteiger partial charge in [-0.15, -0.1) is 0 Å². The van der Waals surface area contributed by atoms with Crippen molar-refractivity contribution in [3.8, 4) is 0 Å². The molecule has 1 aromatic heterocycles. The number of hydrogen-bond donors (Lipinski definition) is 0. The summed E-state index contributed by atoms with van der Waals surface area (Å²) in [5, 5.41) is 0. The standard InChI is InChI=1S/C10H13BN2O2/c1-15-11-13-6-8(7-13)10(14)9-4-2-3-5-12-9/h2-5,8,11H,6-7H2,1H3. The highest BCUT2D eigenvalue weighted by Gasteiger charge is 2.33. The first-order chi connectivity index (χ1) is 7.31. The lowest BCUT2D eigenvalue weighted by atomic mass is 9.88. The molecule has 1 aliphatic rings. The average Bonchev–Trinajstić information content (AvgIpc) is 2.23. The van der Waals surface area contributed by atoms with E-state index < -0.39 is 0 Å². The van der Waals surface area contributed by atoms with Crippen LogP contribution in [0.1, 0.15) is 10.5 Å². The zero-order valence-corrected chi connectivity index (χ0v) is 8.72. The highest BCUT2D eigenvalue weighted by Crippen LogP contribution is 2.18. The van der Waals surface area contributed by atoms with Gasteiger partial charge >= 0.3 is 7.62 Å². The van der Waals surface area contributed by atoms with E-state index in [0.717, 1.165) is 13.1 Å². The summed E-state index contributed by atoms with van der Waals surface area (Å²) >= 11 is 0. The van der Waals surface area contributed by atoms with Gasteiger partial charge in [0.25, 0.3) is 0 Å². The van der Waals surface area contributed by atoms with Crippen LogP contribution in [-0.4, -0.2) is 43.4 Å². The van der Waals surface area contributed by atoms with Crippen LogP contribution in [0, 0.1) is 5.92 Å². The Hall–Kier alpha value is -1.20. The van der Waals surface area contributed by atoms with Crippen LogP contribution in [0.5, 0.6) is 0 Å². The molecule has 0 amide bonds. The van der Waals surface area contributed by atoms with Crippen molar-refractivity contribution in [1.29, 1.82) is 0 Å². The number of carbonyl (C=O) groups is 1. The second-order valence-corrected chi connectivity index (χ2v) is 3.73. The number of carbonyl (C=O) groups excluding carboxylic acids is 1. The maximum Gasteiger partial charge on any atom is 0.363 e. The number of nitrogens with zero attached hydrogens (tertiary/aromatic N) is 2. The van der Waals surface area contributed by atoms with E-state index in [1.165, 1.54) is 0 Å². The summed E-state index contributed by atoms with van der Waals surface area (Å²) in [4.78, 5) is 18.0. The van der Waals surface area contributed by atoms with Gasteiger partial charge in [0.2, 0.25) is 0 Å². The molecule has 78 valence electrons. The van der Waals surface area contributed by atoms with Gasteiger partial charge in [0.1, 0.15) is 5.69 Å². The number of pyridine rings is 1. The minimum atomic E-state index is 0.0926. The molecule has 1 aliphatic heterocycles. The monoisotopic (exact) mass is 204 g/mol. The quantitative estimate of drug-likeness (QED) is 0.515. The van der Waals surface area contributed by atoms with Gasteiger partial charge in [-0.25, -0.2) is 0 Å². The Labute approximate surface area is 89.5 Å². The third-order valence-electron chi connectivity index (χ3n) is 2.56. The number of aromatic nitrogens is 1. The number of rotatable bonds is 4. The molecule has 15 heavy (non-hydrogen) atoms. The normalized spacial score (nSPS) is 17.1. The zero-order valence-electron chi connectivity index (χ0n) is 8.72. The minimum absolute atomic E-state index is 0.0926. The smallest absolute Gasteiger partial charge is 0.363 e. The van der Waals surface area contributed by atoms with E-state index in [0.29, 0.717) is 13.3 Å². The van der Waals surface area contributed by atoms with Gasteiger partial charge in [0.05, 0.1) is 0 Å². The molecular weight excluding hydrogens is 191 g/mol. The molecule has 2 rings (SSSR count). The summed E-state index contributed by atoms with van der Waals surface area (Å²) in [5.74, 6) is 0.234. The second-order valence-electron chi connectivity index (χ2n) is 3.73. The predicted octanol–water partition coefficient (Wildman–Crippen LogP) is 0.109. The van der Waals surface area contributed by atoms with E-state index in [4.69, 9.17) is 4.65 Å². The maximum atomic E-state index is 11.8. The third kappa shape index (κ3) is 2.24. The Balaban J connectivity index is 1.90. The van der Waals surface area contributed by atoms with Crippen LogP contribution in [-0.2, 0) is 4.65 Å². The largest absolute Gasteiger partial charge is 0.427 e. The van der Waals surface area contributed by atoms with Crippen molar-refractivity contribution in [3.05, 3.63) is 30.1 Å². The van der Waals surface area contributed by atoms with Gasteiger partial charge in [-0.1, -0.05) is 6.07 Å². The van der Waals surface area contributed by atoms with Gasteiger partial charge in [-0.2, -0.15) is 0 Å². The van der Waals surface area contributed by atoms with Crippen LogP contribution >= 0.6 is 0 Å². The Morgan fingerprint density at radius 1 is 1.60 bits per heavy atom. The van der Waals surface area contributed by atoms with E-state index in [2.05, 4.69) is 9.79 Å². The molecule has 2 heterocycles. The fourth-order valence-corrected chi connectivity index (χ4v) is 1.74.